The van der Waals surface area contributed by atoms with Gasteiger partial charge in [-0.3, -0.25) is 14.6 Å². The van der Waals surface area contributed by atoms with E-state index in [1.807, 2.05) is 0 Å². The molecule has 0 aliphatic carbocycles. The zero-order valence-electron chi connectivity index (χ0n) is 7.34. The molecule has 2 heterocycles. The molecule has 0 saturated heterocycles. The molecule has 0 unspecified atom stereocenters. The Hall–Kier alpha value is -2.11. The average molecular weight is 191 g/mol. The van der Waals surface area contributed by atoms with E-state index in [0.29, 0.717) is 5.69 Å². The molecule has 0 spiro atoms. The zero-order valence-corrected chi connectivity index (χ0v) is 7.34. The summed E-state index contributed by atoms with van der Waals surface area (Å²) in [5, 5.41) is 12.9. The Morgan fingerprint density at radius 1 is 1.64 bits per heavy atom. The van der Waals surface area contributed by atoms with Gasteiger partial charge in [-0.05, 0) is 6.07 Å². The van der Waals surface area contributed by atoms with Crippen LogP contribution in [0, 0.1) is 0 Å². The van der Waals surface area contributed by atoms with Crippen LogP contribution in [-0.2, 0) is 11.3 Å². The number of aromatic amines is 1. The van der Waals surface area contributed by atoms with Crippen molar-refractivity contribution in [2.24, 2.45) is 0 Å². The maximum absolute atomic E-state index is 11.4. The summed E-state index contributed by atoms with van der Waals surface area (Å²) in [5.41, 5.74) is 0.655. The van der Waals surface area contributed by atoms with Crippen molar-refractivity contribution in [1.82, 2.24) is 20.0 Å². The Labute approximate surface area is 79.9 Å². The van der Waals surface area contributed by atoms with Gasteiger partial charge in [0.15, 0.2) is 0 Å². The summed E-state index contributed by atoms with van der Waals surface area (Å²) in [5.74, 6) is -0.130. The predicted molar refractivity (Wildman–Crippen MR) is 49.4 cm³/mol. The lowest BCUT2D eigenvalue weighted by atomic mass is 10.5. The van der Waals surface area contributed by atoms with Crippen molar-refractivity contribution in [1.29, 1.82) is 0 Å². The second kappa shape index (κ2) is 3.73. The van der Waals surface area contributed by atoms with Crippen LogP contribution < -0.4 is 5.32 Å². The number of nitrogens with one attached hydrogen (secondary N) is 2. The lowest BCUT2D eigenvalue weighted by molar-refractivity contribution is -0.116. The first kappa shape index (κ1) is 8.49. The van der Waals surface area contributed by atoms with Gasteiger partial charge < -0.3 is 5.32 Å². The molecular formula is C8H9N5O. The number of amides is 1. The minimum atomic E-state index is -0.130. The number of hydrogen-bond donors (Lipinski definition) is 2. The summed E-state index contributed by atoms with van der Waals surface area (Å²) in [6.07, 6.45) is 6.52. The van der Waals surface area contributed by atoms with Crippen molar-refractivity contribution >= 4 is 11.6 Å². The van der Waals surface area contributed by atoms with Crippen LogP contribution in [0.4, 0.5) is 5.69 Å². The highest BCUT2D eigenvalue weighted by molar-refractivity contribution is 5.90. The Morgan fingerprint density at radius 2 is 2.57 bits per heavy atom. The molecular weight excluding hydrogens is 182 g/mol. The molecule has 6 heteroatoms. The molecule has 0 aromatic carbocycles. The number of rotatable bonds is 3. The maximum atomic E-state index is 11.4. The van der Waals surface area contributed by atoms with Crippen LogP contribution in [0.5, 0.6) is 0 Å². The van der Waals surface area contributed by atoms with E-state index < -0.39 is 0 Å². The molecule has 6 nitrogen and oxygen atoms in total. The normalized spacial score (nSPS) is 10.0. The van der Waals surface area contributed by atoms with E-state index in [2.05, 4.69) is 20.6 Å². The van der Waals surface area contributed by atoms with Gasteiger partial charge in [-0.25, -0.2) is 0 Å². The number of H-pyrrole nitrogens is 1. The first-order valence-corrected chi connectivity index (χ1v) is 4.10. The molecule has 2 N–H and O–H groups in total. The van der Waals surface area contributed by atoms with Gasteiger partial charge >= 0.3 is 0 Å². The third-order valence-electron chi connectivity index (χ3n) is 1.65. The van der Waals surface area contributed by atoms with E-state index in [9.17, 15) is 4.79 Å². The minimum Gasteiger partial charge on any atom is -0.322 e. The monoisotopic (exact) mass is 191 g/mol. The number of carbonyl (C=O) groups is 1. The van der Waals surface area contributed by atoms with Gasteiger partial charge in [0.25, 0.3) is 0 Å². The highest BCUT2D eigenvalue weighted by atomic mass is 16.2. The summed E-state index contributed by atoms with van der Waals surface area (Å²) in [6, 6.07) is 1.77. The van der Waals surface area contributed by atoms with Crippen LogP contribution in [0.3, 0.4) is 0 Å². The van der Waals surface area contributed by atoms with Gasteiger partial charge in [0, 0.05) is 18.6 Å². The van der Waals surface area contributed by atoms with Gasteiger partial charge in [-0.2, -0.15) is 10.2 Å². The van der Waals surface area contributed by atoms with Gasteiger partial charge in [0.1, 0.15) is 6.54 Å². The van der Waals surface area contributed by atoms with Crippen molar-refractivity contribution in [3.63, 3.8) is 0 Å². The van der Waals surface area contributed by atoms with Crippen LogP contribution in [-0.4, -0.2) is 25.9 Å². The Morgan fingerprint density at radius 3 is 3.21 bits per heavy atom. The molecule has 2 aromatic rings. The second-order valence-electron chi connectivity index (χ2n) is 2.74. The lowest BCUT2D eigenvalue weighted by Gasteiger charge is -2.01. The first-order valence-electron chi connectivity index (χ1n) is 4.10. The number of anilines is 1. The van der Waals surface area contributed by atoms with Gasteiger partial charge in [-0.1, -0.05) is 0 Å². The third-order valence-corrected chi connectivity index (χ3v) is 1.65. The van der Waals surface area contributed by atoms with Crippen LogP contribution in [0.1, 0.15) is 0 Å². The number of carbonyl (C=O) groups excluding carboxylic acids is 1. The fourth-order valence-corrected chi connectivity index (χ4v) is 1.06. The van der Waals surface area contributed by atoms with E-state index in [-0.39, 0.29) is 12.5 Å². The van der Waals surface area contributed by atoms with Gasteiger partial charge in [0.05, 0.1) is 11.9 Å². The van der Waals surface area contributed by atoms with E-state index in [1.165, 1.54) is 0 Å². The maximum Gasteiger partial charge on any atom is 0.246 e. The van der Waals surface area contributed by atoms with Crippen molar-refractivity contribution in [2.75, 3.05) is 5.32 Å². The molecule has 72 valence electrons. The van der Waals surface area contributed by atoms with Crippen molar-refractivity contribution in [2.45, 2.75) is 6.54 Å². The average Bonchev–Trinajstić information content (AvgIpc) is 2.76. The molecule has 0 aliphatic heterocycles. The SMILES string of the molecule is O=C(Cn1cccn1)Nc1cn[nH]c1. The van der Waals surface area contributed by atoms with E-state index in [0.717, 1.165) is 0 Å². The molecule has 0 fully saturated rings. The summed E-state index contributed by atoms with van der Waals surface area (Å²) in [6.45, 7) is 0.207. The van der Waals surface area contributed by atoms with Gasteiger partial charge in [-0.15, -0.1) is 0 Å². The van der Waals surface area contributed by atoms with E-state index in [1.54, 1.807) is 35.5 Å². The van der Waals surface area contributed by atoms with E-state index in [4.69, 9.17) is 0 Å². The predicted octanol–water partition coefficient (Wildman–Crippen LogP) is 0.245. The van der Waals surface area contributed by atoms with Gasteiger partial charge in [0.2, 0.25) is 5.91 Å². The molecule has 0 aliphatic rings. The molecule has 0 saturated carbocycles. The van der Waals surface area contributed by atoms with Crippen molar-refractivity contribution in [3.8, 4) is 0 Å². The molecule has 14 heavy (non-hydrogen) atoms. The molecule has 2 rings (SSSR count). The molecule has 0 radical (unpaired) electrons. The second-order valence-corrected chi connectivity index (χ2v) is 2.74. The summed E-state index contributed by atoms with van der Waals surface area (Å²) >= 11 is 0. The fraction of sp³-hybridized carbons (Fsp3) is 0.125. The lowest BCUT2D eigenvalue weighted by Crippen LogP contribution is -2.18. The highest BCUT2D eigenvalue weighted by Crippen LogP contribution is 2.00. The first-order chi connectivity index (χ1) is 6.84. The summed E-state index contributed by atoms with van der Waals surface area (Å²) in [4.78, 5) is 11.4. The smallest absolute Gasteiger partial charge is 0.246 e. The van der Waals surface area contributed by atoms with Crippen LogP contribution in [0.2, 0.25) is 0 Å². The standard InChI is InChI=1S/C8H9N5O/c14-8(6-13-3-1-2-11-13)12-7-4-9-10-5-7/h1-5H,6H2,(H,9,10)(H,12,14). The van der Waals surface area contributed by atoms with Crippen molar-refractivity contribution < 1.29 is 4.79 Å². The Balaban J connectivity index is 1.91. The van der Waals surface area contributed by atoms with Crippen molar-refractivity contribution in [3.05, 3.63) is 30.9 Å². The largest absolute Gasteiger partial charge is 0.322 e. The quantitative estimate of drug-likeness (QED) is 0.729. The fourth-order valence-electron chi connectivity index (χ4n) is 1.06. The third kappa shape index (κ3) is 1.98. The molecule has 0 atom stereocenters. The highest BCUT2D eigenvalue weighted by Gasteiger charge is 2.03. The summed E-state index contributed by atoms with van der Waals surface area (Å²) < 4.78 is 1.55. The Kier molecular flexibility index (Phi) is 2.26. The van der Waals surface area contributed by atoms with Crippen LogP contribution in [0.25, 0.3) is 0 Å². The number of nitrogens with zero attached hydrogens (tertiary/aromatic N) is 3. The molecule has 2 aromatic heterocycles. The Bertz CT molecular complexity index is 353. The number of hydrogen-bond acceptors (Lipinski definition) is 3. The minimum absolute atomic E-state index is 0.130. The number of aromatic nitrogens is 4. The summed E-state index contributed by atoms with van der Waals surface area (Å²) in [7, 11) is 0. The molecule has 1 amide bonds. The zero-order chi connectivity index (χ0) is 9.80. The van der Waals surface area contributed by atoms with Crippen LogP contribution in [0.15, 0.2) is 30.9 Å². The van der Waals surface area contributed by atoms with E-state index >= 15 is 0 Å². The molecule has 0 bridgehead atoms. The van der Waals surface area contributed by atoms with Crippen LogP contribution >= 0.6 is 0 Å². The topological polar surface area (TPSA) is 75.6 Å².